The van der Waals surface area contributed by atoms with Crippen LogP contribution in [-0.2, 0) is 19.1 Å². The van der Waals surface area contributed by atoms with Gasteiger partial charge in [-0.15, -0.1) is 0 Å². The first-order valence-electron chi connectivity index (χ1n) is 8.17. The van der Waals surface area contributed by atoms with Gasteiger partial charge in [0.1, 0.15) is 6.04 Å². The molecule has 0 saturated heterocycles. The molecule has 25 heavy (non-hydrogen) atoms. The van der Waals surface area contributed by atoms with E-state index in [1.165, 1.54) is 6.92 Å². The molecule has 7 heteroatoms. The maximum atomic E-state index is 12.1. The van der Waals surface area contributed by atoms with Gasteiger partial charge in [-0.2, -0.15) is 0 Å². The van der Waals surface area contributed by atoms with Crippen LogP contribution in [0.1, 0.15) is 44.0 Å². The van der Waals surface area contributed by atoms with Gasteiger partial charge in [0.25, 0.3) is 0 Å². The fraction of sp³-hybridized carbons (Fsp3) is 0.500. The van der Waals surface area contributed by atoms with E-state index in [9.17, 15) is 19.5 Å². The SMILES string of the molecule is CC(C)CCC(C(=O)O)C(N)C(=O)O[C@H](C)OC(=O)c1ccccc1. The summed E-state index contributed by atoms with van der Waals surface area (Å²) in [4.78, 5) is 35.3. The summed E-state index contributed by atoms with van der Waals surface area (Å²) in [5.74, 6) is -3.48. The molecule has 7 nitrogen and oxygen atoms in total. The summed E-state index contributed by atoms with van der Waals surface area (Å²) in [6.45, 7) is 5.27. The third-order valence-corrected chi connectivity index (χ3v) is 3.64. The van der Waals surface area contributed by atoms with Crippen molar-refractivity contribution in [2.45, 2.75) is 45.9 Å². The van der Waals surface area contributed by atoms with E-state index in [0.717, 1.165) is 0 Å². The smallest absolute Gasteiger partial charge is 0.341 e. The topological polar surface area (TPSA) is 116 Å². The molecule has 0 amide bonds. The highest BCUT2D eigenvalue weighted by Crippen LogP contribution is 2.17. The number of aliphatic carboxylic acids is 1. The monoisotopic (exact) mass is 351 g/mol. The quantitative estimate of drug-likeness (QED) is 0.517. The molecule has 0 aliphatic heterocycles. The lowest BCUT2D eigenvalue weighted by Crippen LogP contribution is -2.44. The van der Waals surface area contributed by atoms with Crippen LogP contribution >= 0.6 is 0 Å². The Morgan fingerprint density at radius 3 is 2.16 bits per heavy atom. The Morgan fingerprint density at radius 2 is 1.64 bits per heavy atom. The Hall–Kier alpha value is -2.41. The predicted octanol–water partition coefficient (Wildman–Crippen LogP) is 2.20. The first-order chi connectivity index (χ1) is 11.7. The molecule has 0 aliphatic carbocycles. The minimum Gasteiger partial charge on any atom is -0.481 e. The minimum atomic E-state index is -1.32. The molecule has 0 aromatic heterocycles. The second kappa shape index (κ2) is 9.78. The van der Waals surface area contributed by atoms with Crippen molar-refractivity contribution in [2.24, 2.45) is 17.6 Å². The number of rotatable bonds is 9. The van der Waals surface area contributed by atoms with Crippen LogP contribution in [0.15, 0.2) is 30.3 Å². The molecule has 0 radical (unpaired) electrons. The van der Waals surface area contributed by atoms with Crippen LogP contribution in [0, 0.1) is 11.8 Å². The first kappa shape index (κ1) is 20.6. The summed E-state index contributed by atoms with van der Waals surface area (Å²) < 4.78 is 9.98. The zero-order valence-corrected chi connectivity index (χ0v) is 14.7. The summed E-state index contributed by atoms with van der Waals surface area (Å²) in [6, 6.07) is 6.91. The van der Waals surface area contributed by atoms with Crippen molar-refractivity contribution in [3.63, 3.8) is 0 Å². The minimum absolute atomic E-state index is 0.265. The number of nitrogens with two attached hydrogens (primary N) is 1. The van der Waals surface area contributed by atoms with Gasteiger partial charge in [0.15, 0.2) is 0 Å². The second-order valence-electron chi connectivity index (χ2n) is 6.22. The van der Waals surface area contributed by atoms with Gasteiger partial charge in [-0.1, -0.05) is 38.5 Å². The predicted molar refractivity (Wildman–Crippen MR) is 90.6 cm³/mol. The van der Waals surface area contributed by atoms with Gasteiger partial charge in [-0.3, -0.25) is 9.59 Å². The number of carboxylic acid groups (broad SMARTS) is 1. The Balaban J connectivity index is 2.60. The van der Waals surface area contributed by atoms with E-state index in [2.05, 4.69) is 0 Å². The summed E-state index contributed by atoms with van der Waals surface area (Å²) in [5, 5.41) is 9.26. The maximum absolute atomic E-state index is 12.1. The summed E-state index contributed by atoms with van der Waals surface area (Å²) in [5.41, 5.74) is 6.06. The number of carbonyl (C=O) groups is 3. The molecule has 0 heterocycles. The van der Waals surface area contributed by atoms with Crippen molar-refractivity contribution in [1.82, 2.24) is 0 Å². The lowest BCUT2D eigenvalue weighted by Gasteiger charge is -2.21. The Labute approximate surface area is 147 Å². The number of hydrogen-bond donors (Lipinski definition) is 2. The second-order valence-corrected chi connectivity index (χ2v) is 6.22. The van der Waals surface area contributed by atoms with E-state index in [0.29, 0.717) is 12.0 Å². The zero-order chi connectivity index (χ0) is 19.0. The van der Waals surface area contributed by atoms with Gasteiger partial charge in [0, 0.05) is 6.92 Å². The summed E-state index contributed by atoms with van der Waals surface area (Å²) >= 11 is 0. The van der Waals surface area contributed by atoms with E-state index in [1.807, 2.05) is 13.8 Å². The van der Waals surface area contributed by atoms with Crippen molar-refractivity contribution in [3.05, 3.63) is 35.9 Å². The molecular formula is C18H25NO6. The van der Waals surface area contributed by atoms with Crippen LogP contribution in [0.25, 0.3) is 0 Å². The van der Waals surface area contributed by atoms with Crippen molar-refractivity contribution < 1.29 is 29.0 Å². The highest BCUT2D eigenvalue weighted by Gasteiger charge is 2.33. The molecule has 2 unspecified atom stereocenters. The molecule has 0 fully saturated rings. The average molecular weight is 351 g/mol. The van der Waals surface area contributed by atoms with Gasteiger partial charge in [-0.05, 0) is 24.5 Å². The number of benzene rings is 1. The largest absolute Gasteiger partial charge is 0.481 e. The molecule has 0 saturated carbocycles. The van der Waals surface area contributed by atoms with Crippen LogP contribution in [0.4, 0.5) is 0 Å². The highest BCUT2D eigenvalue weighted by atomic mass is 16.7. The van der Waals surface area contributed by atoms with E-state index in [-0.39, 0.29) is 12.3 Å². The van der Waals surface area contributed by atoms with Gasteiger partial charge in [0.2, 0.25) is 6.29 Å². The Kier molecular flexibility index (Phi) is 8.07. The van der Waals surface area contributed by atoms with Crippen molar-refractivity contribution in [3.8, 4) is 0 Å². The molecule has 138 valence electrons. The van der Waals surface area contributed by atoms with Crippen LogP contribution in [0.5, 0.6) is 0 Å². The molecule has 3 N–H and O–H groups in total. The Morgan fingerprint density at radius 1 is 1.04 bits per heavy atom. The molecule has 1 aromatic carbocycles. The van der Waals surface area contributed by atoms with Crippen LogP contribution in [0.3, 0.4) is 0 Å². The molecule has 0 aliphatic rings. The number of carbonyl (C=O) groups excluding carboxylic acids is 2. The van der Waals surface area contributed by atoms with Gasteiger partial charge in [-0.25, -0.2) is 4.79 Å². The van der Waals surface area contributed by atoms with Crippen molar-refractivity contribution >= 4 is 17.9 Å². The van der Waals surface area contributed by atoms with Gasteiger partial charge in [0.05, 0.1) is 11.5 Å². The third kappa shape index (κ3) is 6.93. The number of hydrogen-bond acceptors (Lipinski definition) is 6. The molecule has 0 bridgehead atoms. The standard InChI is InChI=1S/C18H25NO6/c1-11(2)9-10-14(16(20)21)15(19)18(23)25-12(3)24-17(22)13-7-5-4-6-8-13/h4-8,11-12,14-15H,9-10,19H2,1-3H3,(H,20,21)/t12-,14?,15?/m1/s1. The van der Waals surface area contributed by atoms with E-state index in [1.54, 1.807) is 30.3 Å². The fourth-order valence-electron chi connectivity index (χ4n) is 2.19. The summed E-state index contributed by atoms with van der Waals surface area (Å²) in [6.07, 6.45) is -0.288. The van der Waals surface area contributed by atoms with Crippen LogP contribution < -0.4 is 5.73 Å². The van der Waals surface area contributed by atoms with Crippen LogP contribution in [-0.4, -0.2) is 35.3 Å². The molecule has 3 atom stereocenters. The first-order valence-corrected chi connectivity index (χ1v) is 8.17. The van der Waals surface area contributed by atoms with E-state index in [4.69, 9.17) is 15.2 Å². The maximum Gasteiger partial charge on any atom is 0.341 e. The third-order valence-electron chi connectivity index (χ3n) is 3.64. The normalized spacial score (nSPS) is 14.4. The molecule has 1 aromatic rings. The number of carboxylic acids is 1. The lowest BCUT2D eigenvalue weighted by atomic mass is 9.92. The van der Waals surface area contributed by atoms with E-state index < -0.39 is 36.2 Å². The van der Waals surface area contributed by atoms with E-state index >= 15 is 0 Å². The van der Waals surface area contributed by atoms with Crippen molar-refractivity contribution in [1.29, 1.82) is 0 Å². The fourth-order valence-corrected chi connectivity index (χ4v) is 2.19. The van der Waals surface area contributed by atoms with Crippen LogP contribution in [0.2, 0.25) is 0 Å². The number of esters is 2. The summed E-state index contributed by atoms with van der Waals surface area (Å²) in [7, 11) is 0. The molecular weight excluding hydrogens is 326 g/mol. The lowest BCUT2D eigenvalue weighted by molar-refractivity contribution is -0.171. The van der Waals surface area contributed by atoms with Gasteiger partial charge < -0.3 is 20.3 Å². The average Bonchev–Trinajstić information content (AvgIpc) is 2.54. The molecule has 1 rings (SSSR count). The van der Waals surface area contributed by atoms with Crippen molar-refractivity contribution in [2.75, 3.05) is 0 Å². The zero-order valence-electron chi connectivity index (χ0n) is 14.7. The Bertz CT molecular complexity index is 586. The van der Waals surface area contributed by atoms with Gasteiger partial charge >= 0.3 is 17.9 Å². The molecule has 0 spiro atoms. The number of ether oxygens (including phenoxy) is 2. The highest BCUT2D eigenvalue weighted by molar-refractivity contribution is 5.89.